The van der Waals surface area contributed by atoms with Gasteiger partial charge in [-0.1, -0.05) is 18.2 Å². The second kappa shape index (κ2) is 9.06. The number of benzene rings is 1. The standard InChI is InChI=1S/C24H27FN6/c25-20-6-2-1-5-19(20)17-30-13-7-18(8-14-30)21-15-23(31-11-3-4-12-31)29-24(28-21)22-16-26-9-10-27-22/h1-2,5-6,9-10,15-16,18H,3-4,7-8,11-14,17H2. The molecule has 160 valence electrons. The highest BCUT2D eigenvalue weighted by Crippen LogP contribution is 2.31. The third kappa shape index (κ3) is 4.56. The molecule has 1 aromatic carbocycles. The van der Waals surface area contributed by atoms with E-state index in [0.717, 1.165) is 56.1 Å². The van der Waals surface area contributed by atoms with Crippen LogP contribution in [0.2, 0.25) is 0 Å². The van der Waals surface area contributed by atoms with Crippen LogP contribution in [0.3, 0.4) is 0 Å². The van der Waals surface area contributed by atoms with E-state index in [-0.39, 0.29) is 5.82 Å². The van der Waals surface area contributed by atoms with Crippen molar-refractivity contribution in [2.24, 2.45) is 0 Å². The van der Waals surface area contributed by atoms with E-state index in [1.807, 2.05) is 12.1 Å². The second-order valence-corrected chi connectivity index (χ2v) is 8.40. The molecule has 2 aliphatic heterocycles. The smallest absolute Gasteiger partial charge is 0.182 e. The number of hydrogen-bond acceptors (Lipinski definition) is 6. The molecule has 2 saturated heterocycles. The number of halogens is 1. The van der Waals surface area contributed by atoms with Crippen molar-refractivity contribution in [3.8, 4) is 11.5 Å². The van der Waals surface area contributed by atoms with Crippen LogP contribution in [0, 0.1) is 5.82 Å². The Labute approximate surface area is 182 Å². The molecule has 2 fully saturated rings. The van der Waals surface area contributed by atoms with E-state index in [4.69, 9.17) is 9.97 Å². The maximum absolute atomic E-state index is 14.0. The normalized spacial score (nSPS) is 17.9. The van der Waals surface area contributed by atoms with Gasteiger partial charge in [-0.25, -0.2) is 19.3 Å². The maximum atomic E-state index is 14.0. The summed E-state index contributed by atoms with van der Waals surface area (Å²) in [7, 11) is 0. The Morgan fingerprint density at radius 2 is 1.77 bits per heavy atom. The summed E-state index contributed by atoms with van der Waals surface area (Å²) in [5.74, 6) is 1.90. The fourth-order valence-corrected chi connectivity index (χ4v) is 4.55. The molecule has 0 N–H and O–H groups in total. The number of anilines is 1. The molecule has 0 aliphatic carbocycles. The summed E-state index contributed by atoms with van der Waals surface area (Å²) in [6, 6.07) is 9.23. The molecule has 4 heterocycles. The molecule has 0 spiro atoms. The minimum absolute atomic E-state index is 0.121. The zero-order chi connectivity index (χ0) is 21.0. The van der Waals surface area contributed by atoms with Crippen molar-refractivity contribution < 1.29 is 4.39 Å². The van der Waals surface area contributed by atoms with Gasteiger partial charge in [0.05, 0.1) is 6.20 Å². The molecule has 6 nitrogen and oxygen atoms in total. The topological polar surface area (TPSA) is 58.0 Å². The number of rotatable bonds is 5. The van der Waals surface area contributed by atoms with Gasteiger partial charge in [-0.15, -0.1) is 0 Å². The van der Waals surface area contributed by atoms with Crippen LogP contribution in [-0.2, 0) is 6.54 Å². The molecule has 0 saturated carbocycles. The summed E-state index contributed by atoms with van der Waals surface area (Å²) in [4.78, 5) is 23.0. The Hall–Kier alpha value is -2.93. The summed E-state index contributed by atoms with van der Waals surface area (Å²) >= 11 is 0. The minimum Gasteiger partial charge on any atom is -0.356 e. The van der Waals surface area contributed by atoms with Crippen molar-refractivity contribution in [1.29, 1.82) is 0 Å². The molecule has 3 aromatic rings. The van der Waals surface area contributed by atoms with E-state index in [9.17, 15) is 4.39 Å². The first-order valence-corrected chi connectivity index (χ1v) is 11.1. The summed E-state index contributed by atoms with van der Waals surface area (Å²) in [5.41, 5.74) is 2.56. The van der Waals surface area contributed by atoms with Crippen molar-refractivity contribution in [3.05, 3.63) is 66.0 Å². The van der Waals surface area contributed by atoms with Crippen LogP contribution in [0.4, 0.5) is 10.2 Å². The number of piperidine rings is 1. The lowest BCUT2D eigenvalue weighted by molar-refractivity contribution is 0.201. The number of nitrogens with zero attached hydrogens (tertiary/aromatic N) is 6. The van der Waals surface area contributed by atoms with E-state index in [1.54, 1.807) is 24.7 Å². The molecule has 7 heteroatoms. The lowest BCUT2D eigenvalue weighted by Crippen LogP contribution is -2.33. The van der Waals surface area contributed by atoms with Crippen LogP contribution in [-0.4, -0.2) is 51.0 Å². The van der Waals surface area contributed by atoms with Crippen LogP contribution in [0.25, 0.3) is 11.5 Å². The van der Waals surface area contributed by atoms with Crippen molar-refractivity contribution in [3.63, 3.8) is 0 Å². The van der Waals surface area contributed by atoms with Crippen molar-refractivity contribution >= 4 is 5.82 Å². The largest absolute Gasteiger partial charge is 0.356 e. The highest BCUT2D eigenvalue weighted by Gasteiger charge is 2.25. The van der Waals surface area contributed by atoms with Gasteiger partial charge in [0.1, 0.15) is 17.3 Å². The van der Waals surface area contributed by atoms with E-state index in [1.165, 1.54) is 18.9 Å². The molecule has 31 heavy (non-hydrogen) atoms. The average molecular weight is 419 g/mol. The third-order valence-electron chi connectivity index (χ3n) is 6.31. The summed E-state index contributed by atoms with van der Waals surface area (Å²) in [6.45, 7) is 4.60. The van der Waals surface area contributed by atoms with Crippen molar-refractivity contribution in [1.82, 2.24) is 24.8 Å². The fourth-order valence-electron chi connectivity index (χ4n) is 4.55. The molecule has 0 unspecified atom stereocenters. The summed E-state index contributed by atoms with van der Waals surface area (Å²) in [6.07, 6.45) is 9.49. The van der Waals surface area contributed by atoms with Gasteiger partial charge in [0.2, 0.25) is 0 Å². The summed E-state index contributed by atoms with van der Waals surface area (Å²) in [5, 5.41) is 0. The van der Waals surface area contributed by atoms with E-state index in [0.29, 0.717) is 24.0 Å². The predicted octanol–water partition coefficient (Wildman–Crippen LogP) is 4.05. The van der Waals surface area contributed by atoms with Gasteiger partial charge < -0.3 is 4.90 Å². The first kappa shape index (κ1) is 20.0. The van der Waals surface area contributed by atoms with Crippen LogP contribution in [0.15, 0.2) is 48.9 Å². The zero-order valence-electron chi connectivity index (χ0n) is 17.6. The van der Waals surface area contributed by atoms with Crippen LogP contribution >= 0.6 is 0 Å². The fraction of sp³-hybridized carbons (Fsp3) is 0.417. The predicted molar refractivity (Wildman–Crippen MR) is 118 cm³/mol. The van der Waals surface area contributed by atoms with Crippen LogP contribution in [0.5, 0.6) is 0 Å². The van der Waals surface area contributed by atoms with Crippen molar-refractivity contribution in [2.45, 2.75) is 38.1 Å². The molecule has 2 aliphatic rings. The number of hydrogen-bond donors (Lipinski definition) is 0. The maximum Gasteiger partial charge on any atom is 0.182 e. The number of aromatic nitrogens is 4. The molecule has 2 aromatic heterocycles. The molecule has 0 bridgehead atoms. The molecule has 0 atom stereocenters. The lowest BCUT2D eigenvalue weighted by atomic mass is 9.92. The van der Waals surface area contributed by atoms with E-state index < -0.39 is 0 Å². The quantitative estimate of drug-likeness (QED) is 0.623. The highest BCUT2D eigenvalue weighted by atomic mass is 19.1. The first-order chi connectivity index (χ1) is 15.3. The SMILES string of the molecule is Fc1ccccc1CN1CCC(c2cc(N3CCCC3)nc(-c3cnccn3)n2)CC1. The van der Waals surface area contributed by atoms with Gasteiger partial charge in [-0.2, -0.15) is 0 Å². The van der Waals surface area contributed by atoms with Crippen LogP contribution < -0.4 is 4.90 Å². The van der Waals surface area contributed by atoms with Crippen LogP contribution in [0.1, 0.15) is 42.9 Å². The molecular formula is C24H27FN6. The van der Waals surface area contributed by atoms with E-state index >= 15 is 0 Å². The molecular weight excluding hydrogens is 391 g/mol. The molecule has 0 radical (unpaired) electrons. The van der Waals surface area contributed by atoms with Crippen molar-refractivity contribution in [2.75, 3.05) is 31.1 Å². The average Bonchev–Trinajstić information content (AvgIpc) is 3.37. The Balaban J connectivity index is 1.35. The third-order valence-corrected chi connectivity index (χ3v) is 6.31. The number of likely N-dealkylation sites (tertiary alicyclic amines) is 1. The Morgan fingerprint density at radius 1 is 0.968 bits per heavy atom. The van der Waals surface area contributed by atoms with Gasteiger partial charge in [0, 0.05) is 55.3 Å². The minimum atomic E-state index is -0.121. The molecule has 5 rings (SSSR count). The zero-order valence-corrected chi connectivity index (χ0v) is 17.6. The van der Waals surface area contributed by atoms with Gasteiger partial charge in [0.15, 0.2) is 5.82 Å². The van der Waals surface area contributed by atoms with Gasteiger partial charge in [-0.3, -0.25) is 9.88 Å². The van der Waals surface area contributed by atoms with Gasteiger partial charge >= 0.3 is 0 Å². The first-order valence-electron chi connectivity index (χ1n) is 11.1. The van der Waals surface area contributed by atoms with E-state index in [2.05, 4.69) is 25.8 Å². The monoisotopic (exact) mass is 418 g/mol. The summed E-state index contributed by atoms with van der Waals surface area (Å²) < 4.78 is 14.0. The van der Waals surface area contributed by atoms with Gasteiger partial charge in [-0.05, 0) is 44.8 Å². The Kier molecular flexibility index (Phi) is 5.84. The second-order valence-electron chi connectivity index (χ2n) is 8.40. The lowest BCUT2D eigenvalue weighted by Gasteiger charge is -2.32. The Morgan fingerprint density at radius 3 is 2.52 bits per heavy atom. The highest BCUT2D eigenvalue weighted by molar-refractivity contribution is 5.53. The molecule has 0 amide bonds. The van der Waals surface area contributed by atoms with Gasteiger partial charge in [0.25, 0.3) is 0 Å². The Bertz CT molecular complexity index is 1010.